The number of nitrogens with zero attached hydrogens (tertiary/aromatic N) is 3. The van der Waals surface area contributed by atoms with Crippen LogP contribution in [-0.4, -0.2) is 25.8 Å². The minimum absolute atomic E-state index is 0.104. The molecule has 0 aliphatic carbocycles. The van der Waals surface area contributed by atoms with Gasteiger partial charge in [-0.15, -0.1) is 0 Å². The highest BCUT2D eigenvalue weighted by Crippen LogP contribution is 2.20. The molecule has 28 heavy (non-hydrogen) atoms. The molecule has 2 heterocycles. The second-order valence-electron chi connectivity index (χ2n) is 8.31. The van der Waals surface area contributed by atoms with Crippen molar-refractivity contribution in [3.05, 3.63) is 64.6 Å². The molecular weight excluding hydrogens is 350 g/mol. The lowest BCUT2D eigenvalue weighted by Crippen LogP contribution is -2.25. The van der Waals surface area contributed by atoms with E-state index in [-0.39, 0.29) is 17.1 Å². The van der Waals surface area contributed by atoms with Crippen molar-refractivity contribution >= 4 is 27.8 Å². The van der Waals surface area contributed by atoms with Crippen LogP contribution < -0.4 is 10.9 Å². The van der Waals surface area contributed by atoms with Gasteiger partial charge in [-0.05, 0) is 50.5 Å². The Balaban J connectivity index is 1.59. The van der Waals surface area contributed by atoms with Gasteiger partial charge in [-0.2, -0.15) is 10.1 Å². The van der Waals surface area contributed by atoms with Gasteiger partial charge in [-0.1, -0.05) is 42.5 Å². The van der Waals surface area contributed by atoms with Crippen LogP contribution in [0.3, 0.4) is 0 Å². The Morgan fingerprint density at radius 2 is 1.89 bits per heavy atom. The second kappa shape index (κ2) is 6.78. The first-order chi connectivity index (χ1) is 13.3. The largest absolute Gasteiger partial charge is 0.353 e. The molecule has 4 aromatic rings. The van der Waals surface area contributed by atoms with E-state index < -0.39 is 0 Å². The smallest absolute Gasteiger partial charge is 0.263 e. The average molecular weight is 375 g/mol. The molecule has 1 atom stereocenters. The molecule has 0 saturated carbocycles. The summed E-state index contributed by atoms with van der Waals surface area (Å²) in [7, 11) is 0. The first kappa shape index (κ1) is 18.2. The summed E-state index contributed by atoms with van der Waals surface area (Å²) in [6.07, 6.45) is 2.40. The Kier molecular flexibility index (Phi) is 4.41. The summed E-state index contributed by atoms with van der Waals surface area (Å²) in [5.41, 5.74) is 1.40. The van der Waals surface area contributed by atoms with Crippen molar-refractivity contribution in [1.29, 1.82) is 0 Å². The standard InChI is InChI=1S/C22H25N5O/c1-14(11-15-9-10-16-7-5-6-8-17(16)12-15)24-21-25-19-18(20(28)26-21)13-23-27(19)22(2,3)4/h5-10,12-14H,11H2,1-4H3,(H2,24,25,26,28). The SMILES string of the molecule is CC(Cc1ccc2ccccc2c1)Nc1nc2c(cnn2C(C)(C)C)c(=O)[nH]1. The predicted molar refractivity (Wildman–Crippen MR) is 114 cm³/mol. The van der Waals surface area contributed by atoms with Crippen LogP contribution in [-0.2, 0) is 12.0 Å². The van der Waals surface area contributed by atoms with Crippen LogP contribution in [0, 0.1) is 0 Å². The minimum Gasteiger partial charge on any atom is -0.353 e. The summed E-state index contributed by atoms with van der Waals surface area (Å²) >= 11 is 0. The number of anilines is 1. The van der Waals surface area contributed by atoms with Crippen molar-refractivity contribution < 1.29 is 0 Å². The number of H-pyrrole nitrogens is 1. The van der Waals surface area contributed by atoms with Crippen LogP contribution in [0.4, 0.5) is 5.95 Å². The number of hydrogen-bond acceptors (Lipinski definition) is 4. The third-order valence-corrected chi connectivity index (χ3v) is 4.81. The van der Waals surface area contributed by atoms with E-state index in [1.54, 1.807) is 10.9 Å². The van der Waals surface area contributed by atoms with E-state index >= 15 is 0 Å². The fourth-order valence-electron chi connectivity index (χ4n) is 3.48. The minimum atomic E-state index is -0.253. The Hall–Kier alpha value is -3.15. The molecule has 6 heteroatoms. The van der Waals surface area contributed by atoms with Crippen molar-refractivity contribution in [3.63, 3.8) is 0 Å². The number of fused-ring (bicyclic) bond motifs is 2. The van der Waals surface area contributed by atoms with Gasteiger partial charge in [0.2, 0.25) is 5.95 Å². The zero-order valence-electron chi connectivity index (χ0n) is 16.7. The van der Waals surface area contributed by atoms with Crippen LogP contribution in [0.25, 0.3) is 21.8 Å². The van der Waals surface area contributed by atoms with Gasteiger partial charge >= 0.3 is 0 Å². The molecule has 0 amide bonds. The molecule has 4 rings (SSSR count). The topological polar surface area (TPSA) is 75.6 Å². The zero-order chi connectivity index (χ0) is 19.9. The molecule has 1 unspecified atom stereocenters. The molecule has 2 N–H and O–H groups in total. The highest BCUT2D eigenvalue weighted by molar-refractivity contribution is 5.83. The number of nitrogens with one attached hydrogen (secondary N) is 2. The van der Waals surface area contributed by atoms with Crippen molar-refractivity contribution in [2.45, 2.75) is 45.7 Å². The second-order valence-corrected chi connectivity index (χ2v) is 8.31. The number of hydrogen-bond donors (Lipinski definition) is 2. The number of aromatic nitrogens is 4. The maximum absolute atomic E-state index is 12.4. The monoisotopic (exact) mass is 375 g/mol. The van der Waals surface area contributed by atoms with Crippen LogP contribution in [0.2, 0.25) is 0 Å². The van der Waals surface area contributed by atoms with Crippen LogP contribution in [0.5, 0.6) is 0 Å². The summed E-state index contributed by atoms with van der Waals surface area (Å²) < 4.78 is 1.79. The average Bonchev–Trinajstić information content (AvgIpc) is 3.06. The maximum Gasteiger partial charge on any atom is 0.263 e. The first-order valence-electron chi connectivity index (χ1n) is 9.54. The van der Waals surface area contributed by atoms with Gasteiger partial charge in [0.05, 0.1) is 11.7 Å². The zero-order valence-corrected chi connectivity index (χ0v) is 16.7. The van der Waals surface area contributed by atoms with Gasteiger partial charge in [-0.3, -0.25) is 9.78 Å². The van der Waals surface area contributed by atoms with Gasteiger partial charge in [0, 0.05) is 6.04 Å². The molecule has 0 aliphatic heterocycles. The van der Waals surface area contributed by atoms with Gasteiger partial charge in [0.25, 0.3) is 5.56 Å². The normalized spacial score (nSPS) is 13.1. The molecule has 2 aromatic heterocycles. The van der Waals surface area contributed by atoms with E-state index in [4.69, 9.17) is 0 Å². The third-order valence-electron chi connectivity index (χ3n) is 4.81. The fourth-order valence-corrected chi connectivity index (χ4v) is 3.48. The van der Waals surface area contributed by atoms with Gasteiger partial charge in [0.15, 0.2) is 5.65 Å². The molecular formula is C22H25N5O. The molecule has 0 saturated heterocycles. The number of rotatable bonds is 4. The lowest BCUT2D eigenvalue weighted by atomic mass is 10.0. The van der Waals surface area contributed by atoms with E-state index in [9.17, 15) is 4.79 Å². The van der Waals surface area contributed by atoms with Crippen molar-refractivity contribution in [2.24, 2.45) is 0 Å². The summed E-state index contributed by atoms with van der Waals surface area (Å²) in [5.74, 6) is 0.469. The summed E-state index contributed by atoms with van der Waals surface area (Å²) in [6.45, 7) is 8.20. The highest BCUT2D eigenvalue weighted by Gasteiger charge is 2.20. The van der Waals surface area contributed by atoms with Gasteiger partial charge in [0.1, 0.15) is 5.39 Å². The van der Waals surface area contributed by atoms with Crippen molar-refractivity contribution in [3.8, 4) is 0 Å². The highest BCUT2D eigenvalue weighted by atomic mass is 16.1. The summed E-state index contributed by atoms with van der Waals surface area (Å²) in [4.78, 5) is 19.9. The van der Waals surface area contributed by atoms with Crippen LogP contribution in [0.15, 0.2) is 53.5 Å². The Morgan fingerprint density at radius 3 is 2.64 bits per heavy atom. The van der Waals surface area contributed by atoms with E-state index in [0.717, 1.165) is 6.42 Å². The lowest BCUT2D eigenvalue weighted by Gasteiger charge is -2.20. The van der Waals surface area contributed by atoms with E-state index in [1.165, 1.54) is 16.3 Å². The Morgan fingerprint density at radius 1 is 1.14 bits per heavy atom. The molecule has 0 radical (unpaired) electrons. The molecule has 0 spiro atoms. The molecule has 0 bridgehead atoms. The quantitative estimate of drug-likeness (QED) is 0.564. The first-order valence-corrected chi connectivity index (χ1v) is 9.54. The number of benzene rings is 2. The van der Waals surface area contributed by atoms with Gasteiger partial charge in [-0.25, -0.2) is 4.68 Å². The van der Waals surface area contributed by atoms with Gasteiger partial charge < -0.3 is 5.32 Å². The summed E-state index contributed by atoms with van der Waals surface area (Å²) in [5, 5.41) is 10.7. The molecule has 0 aliphatic rings. The van der Waals surface area contributed by atoms with Crippen LogP contribution >= 0.6 is 0 Å². The molecule has 2 aromatic carbocycles. The summed E-state index contributed by atoms with van der Waals surface area (Å²) in [6, 6.07) is 14.9. The molecule has 144 valence electrons. The predicted octanol–water partition coefficient (Wildman–Crippen LogP) is 4.07. The van der Waals surface area contributed by atoms with Crippen LogP contribution in [0.1, 0.15) is 33.3 Å². The maximum atomic E-state index is 12.4. The fraction of sp³-hybridized carbons (Fsp3) is 0.318. The lowest BCUT2D eigenvalue weighted by molar-refractivity contribution is 0.366. The van der Waals surface area contributed by atoms with E-state index in [2.05, 4.69) is 63.7 Å². The van der Waals surface area contributed by atoms with Crippen molar-refractivity contribution in [2.75, 3.05) is 5.32 Å². The number of aromatic amines is 1. The Bertz CT molecular complexity index is 1200. The molecule has 6 nitrogen and oxygen atoms in total. The Labute approximate surface area is 163 Å². The van der Waals surface area contributed by atoms with E-state index in [1.807, 2.05) is 26.8 Å². The van der Waals surface area contributed by atoms with Crippen molar-refractivity contribution in [1.82, 2.24) is 19.7 Å². The van der Waals surface area contributed by atoms with E-state index in [0.29, 0.717) is 17.0 Å². The third kappa shape index (κ3) is 3.50. The molecule has 0 fully saturated rings.